The molecular formula is C21H21N7O5S2. The van der Waals surface area contributed by atoms with Gasteiger partial charge >= 0.3 is 0 Å². The maximum absolute atomic E-state index is 12.9. The first-order valence-electron chi connectivity index (χ1n) is 10.2. The average molecular weight is 516 g/mol. The van der Waals surface area contributed by atoms with E-state index < -0.39 is 29.2 Å². The molecule has 2 atom stereocenters. The lowest BCUT2D eigenvalue weighted by Crippen LogP contribution is -2.71. The van der Waals surface area contributed by atoms with E-state index in [1.54, 1.807) is 36.7 Å². The molecule has 12 nitrogen and oxygen atoms in total. The molecule has 0 aromatic carbocycles. The predicted molar refractivity (Wildman–Crippen MR) is 127 cm³/mol. The topological polar surface area (TPSA) is 180 Å². The van der Waals surface area contributed by atoms with Crippen LogP contribution in [-0.4, -0.2) is 57.7 Å². The highest BCUT2D eigenvalue weighted by molar-refractivity contribution is 8.00. The van der Waals surface area contributed by atoms with Gasteiger partial charge in [-0.15, -0.1) is 23.1 Å². The van der Waals surface area contributed by atoms with Gasteiger partial charge in [-0.05, 0) is 11.6 Å². The Balaban J connectivity index is 1.48. The standard InChI is InChI=1S/C21H21N7O5S2/c1-33-26-14(13-10-35-21(23)24-13)17(29)25-15-18(30)28-16(20(31)32)11(9-34-19(15)28)3-2-6-27-7-4-12(22)5-8-27/h2-5,7-8,10,15,19,22H,6,9H2,1H3,(H4,23,24,25,29,31,32)/b3-2?,26-14-/t15?,19-/m1/s1. The molecule has 0 bridgehead atoms. The first kappa shape index (κ1) is 24.2. The number of thiazole rings is 1. The van der Waals surface area contributed by atoms with Gasteiger partial charge in [-0.3, -0.25) is 14.5 Å². The Morgan fingerprint density at radius 2 is 2.14 bits per heavy atom. The summed E-state index contributed by atoms with van der Waals surface area (Å²) in [5.74, 6) is -2.41. The van der Waals surface area contributed by atoms with Crippen molar-refractivity contribution in [1.82, 2.24) is 15.2 Å². The molecule has 182 valence electrons. The number of nitrogens with zero attached hydrogens (tertiary/aromatic N) is 4. The summed E-state index contributed by atoms with van der Waals surface area (Å²) in [6.45, 7) is 0.480. The summed E-state index contributed by atoms with van der Waals surface area (Å²) >= 11 is 2.45. The first-order valence-corrected chi connectivity index (χ1v) is 12.2. The van der Waals surface area contributed by atoms with E-state index in [0.29, 0.717) is 23.6 Å². The lowest BCUT2D eigenvalue weighted by atomic mass is 10.0. The summed E-state index contributed by atoms with van der Waals surface area (Å²) in [5, 5.41) is 19.4. The monoisotopic (exact) mass is 515 g/mol. The van der Waals surface area contributed by atoms with Crippen molar-refractivity contribution in [3.05, 3.63) is 59.0 Å². The molecule has 2 amide bonds. The zero-order chi connectivity index (χ0) is 25.1. The van der Waals surface area contributed by atoms with E-state index in [-0.39, 0.29) is 22.2 Å². The number of allylic oxidation sites excluding steroid dienone is 2. The molecular weight excluding hydrogens is 494 g/mol. The van der Waals surface area contributed by atoms with Crippen LogP contribution in [0.15, 0.2) is 58.5 Å². The van der Waals surface area contributed by atoms with Crippen molar-refractivity contribution in [1.29, 1.82) is 0 Å². The average Bonchev–Trinajstić information content (AvgIpc) is 3.27. The summed E-state index contributed by atoms with van der Waals surface area (Å²) in [7, 11) is 1.27. The van der Waals surface area contributed by atoms with Crippen LogP contribution < -0.4 is 26.5 Å². The van der Waals surface area contributed by atoms with Crippen molar-refractivity contribution in [3.8, 4) is 0 Å². The second-order valence-corrected chi connectivity index (χ2v) is 9.44. The molecule has 2 aliphatic heterocycles. The van der Waals surface area contributed by atoms with E-state index in [2.05, 4.69) is 15.5 Å². The largest absolute Gasteiger partial charge is 0.543 e. The van der Waals surface area contributed by atoms with Crippen LogP contribution in [0.2, 0.25) is 0 Å². The van der Waals surface area contributed by atoms with Crippen molar-refractivity contribution in [2.75, 3.05) is 24.3 Å². The van der Waals surface area contributed by atoms with E-state index in [1.807, 2.05) is 4.57 Å². The molecule has 1 unspecified atom stereocenters. The predicted octanol–water partition coefficient (Wildman–Crippen LogP) is -1.39. The normalized spacial score (nSPS) is 20.0. The number of nitrogen functional groups attached to an aromatic ring is 2. The van der Waals surface area contributed by atoms with Gasteiger partial charge in [0.05, 0.1) is 11.7 Å². The highest BCUT2D eigenvalue weighted by atomic mass is 32.2. The fourth-order valence-corrected chi connectivity index (χ4v) is 5.44. The maximum Gasteiger partial charge on any atom is 0.276 e. The number of nitrogens with two attached hydrogens (primary N) is 2. The maximum atomic E-state index is 12.9. The quantitative estimate of drug-likeness (QED) is 0.165. The number of hydrogen-bond donors (Lipinski definition) is 3. The lowest BCUT2D eigenvalue weighted by Gasteiger charge is -2.50. The minimum atomic E-state index is -1.47. The zero-order valence-corrected chi connectivity index (χ0v) is 20.0. The smallest absolute Gasteiger partial charge is 0.276 e. The van der Waals surface area contributed by atoms with Crippen molar-refractivity contribution >= 4 is 57.4 Å². The van der Waals surface area contributed by atoms with Crippen LogP contribution in [0, 0.1) is 0 Å². The molecule has 0 radical (unpaired) electrons. The van der Waals surface area contributed by atoms with Gasteiger partial charge in [-0.1, -0.05) is 11.2 Å². The van der Waals surface area contributed by atoms with E-state index >= 15 is 0 Å². The zero-order valence-electron chi connectivity index (χ0n) is 18.4. The molecule has 5 N–H and O–H groups in total. The Kier molecular flexibility index (Phi) is 7.02. The Hall–Kier alpha value is -3.91. The van der Waals surface area contributed by atoms with Gasteiger partial charge < -0.3 is 31.5 Å². The number of thioether (sulfide) groups is 1. The van der Waals surface area contributed by atoms with Crippen LogP contribution in [0.1, 0.15) is 5.69 Å². The Bertz CT molecular complexity index is 1260. The number of fused-ring (bicyclic) bond motifs is 1. The number of aromatic nitrogens is 2. The summed E-state index contributed by atoms with van der Waals surface area (Å²) in [5.41, 5.74) is 12.2. The van der Waals surface area contributed by atoms with Crippen LogP contribution >= 0.6 is 23.1 Å². The van der Waals surface area contributed by atoms with Gasteiger partial charge in [0.25, 0.3) is 11.8 Å². The Labute approximate surface area is 207 Å². The van der Waals surface area contributed by atoms with E-state index in [1.165, 1.54) is 24.3 Å². The number of anilines is 2. The molecule has 0 spiro atoms. The summed E-state index contributed by atoms with van der Waals surface area (Å²) < 4.78 is 1.86. The second-order valence-electron chi connectivity index (χ2n) is 7.45. The van der Waals surface area contributed by atoms with Crippen LogP contribution in [-0.2, 0) is 25.8 Å². The number of oxime groups is 1. The van der Waals surface area contributed by atoms with E-state index in [4.69, 9.17) is 16.3 Å². The van der Waals surface area contributed by atoms with E-state index in [9.17, 15) is 19.5 Å². The number of rotatable bonds is 8. The van der Waals surface area contributed by atoms with Gasteiger partial charge in [0.15, 0.2) is 29.8 Å². The number of carboxylic acids is 1. The highest BCUT2D eigenvalue weighted by Crippen LogP contribution is 2.40. The van der Waals surface area contributed by atoms with Crippen LogP contribution in [0.3, 0.4) is 0 Å². The number of β-lactam (4-membered cyclic amide) rings is 1. The number of pyridine rings is 1. The summed E-state index contributed by atoms with van der Waals surface area (Å²) in [4.78, 5) is 47.5. The molecule has 4 heterocycles. The molecule has 14 heteroatoms. The third-order valence-electron chi connectivity index (χ3n) is 5.19. The van der Waals surface area contributed by atoms with Crippen molar-refractivity contribution in [2.45, 2.75) is 18.0 Å². The van der Waals surface area contributed by atoms with Crippen LogP contribution in [0.5, 0.6) is 0 Å². The number of hydrogen-bond acceptors (Lipinski definition) is 11. The Morgan fingerprint density at radius 1 is 1.40 bits per heavy atom. The number of amides is 2. The van der Waals surface area contributed by atoms with Gasteiger partial charge in [0, 0.05) is 29.0 Å². The number of carboxylic acid groups (broad SMARTS) is 1. The lowest BCUT2D eigenvalue weighted by molar-refractivity contribution is -0.686. The highest BCUT2D eigenvalue weighted by Gasteiger charge is 2.53. The molecule has 1 fully saturated rings. The second kappa shape index (κ2) is 10.1. The van der Waals surface area contributed by atoms with Gasteiger partial charge in [-0.25, -0.2) is 9.55 Å². The summed E-state index contributed by atoms with van der Waals surface area (Å²) in [6.07, 6.45) is 7.04. The molecule has 1 saturated heterocycles. The van der Waals surface area contributed by atoms with Gasteiger partial charge in [0.1, 0.15) is 24.2 Å². The van der Waals surface area contributed by atoms with Crippen molar-refractivity contribution < 1.29 is 28.9 Å². The number of aliphatic carboxylic acids is 1. The first-order chi connectivity index (χ1) is 16.8. The molecule has 2 aromatic rings. The molecule has 0 aliphatic carbocycles. The fourth-order valence-electron chi connectivity index (χ4n) is 3.57. The molecule has 0 saturated carbocycles. The van der Waals surface area contributed by atoms with E-state index in [0.717, 1.165) is 16.2 Å². The van der Waals surface area contributed by atoms with Gasteiger partial charge in [-0.2, -0.15) is 0 Å². The Morgan fingerprint density at radius 3 is 2.77 bits per heavy atom. The molecule has 4 rings (SSSR count). The van der Waals surface area contributed by atoms with Gasteiger partial charge in [0.2, 0.25) is 0 Å². The summed E-state index contributed by atoms with van der Waals surface area (Å²) in [6, 6.07) is 2.55. The van der Waals surface area contributed by atoms with Crippen molar-refractivity contribution in [2.24, 2.45) is 5.16 Å². The van der Waals surface area contributed by atoms with Crippen LogP contribution in [0.25, 0.3) is 0 Å². The molecule has 2 aromatic heterocycles. The minimum absolute atomic E-state index is 0.146. The number of carbonyl (C=O) groups is 3. The van der Waals surface area contributed by atoms with Crippen molar-refractivity contribution in [3.63, 3.8) is 0 Å². The third kappa shape index (κ3) is 4.97. The minimum Gasteiger partial charge on any atom is -0.543 e. The number of nitrogens with one attached hydrogen (secondary N) is 1. The SMILES string of the molecule is CO/N=C(\C(=O)NC1C(=O)N2C(C(=O)[O-])=C(C=CC[n+]3ccc(N)cc3)CS[C@H]12)c1csc(N)n1. The number of carbonyl (C=O) groups excluding carboxylic acids is 3. The molecule has 2 aliphatic rings. The fraction of sp³-hybridized carbons (Fsp3) is 0.238. The third-order valence-corrected chi connectivity index (χ3v) is 7.17. The van der Waals surface area contributed by atoms with Crippen LogP contribution in [0.4, 0.5) is 10.8 Å². The molecule has 35 heavy (non-hydrogen) atoms.